The smallest absolute Gasteiger partial charge is 0.320 e. The van der Waals surface area contributed by atoms with Gasteiger partial charge in [0.25, 0.3) is 0 Å². The van der Waals surface area contributed by atoms with Gasteiger partial charge < -0.3 is 4.74 Å². The molecular formula is C11H19NO2. The van der Waals surface area contributed by atoms with E-state index in [0.29, 0.717) is 0 Å². The van der Waals surface area contributed by atoms with E-state index in [0.717, 1.165) is 0 Å². The highest BCUT2D eigenvalue weighted by Crippen LogP contribution is 2.07. The Morgan fingerprint density at radius 2 is 1.86 bits per heavy atom. The summed E-state index contributed by atoms with van der Waals surface area (Å²) in [4.78, 5) is 11.3. The molecule has 0 radical (unpaired) electrons. The molecule has 0 fully saturated rings. The van der Waals surface area contributed by atoms with Crippen LogP contribution in [-0.2, 0) is 9.53 Å². The summed E-state index contributed by atoms with van der Waals surface area (Å²) < 4.78 is 5.11. The Morgan fingerprint density at radius 1 is 1.36 bits per heavy atom. The van der Waals surface area contributed by atoms with E-state index in [2.05, 4.69) is 11.2 Å². The summed E-state index contributed by atoms with van der Waals surface area (Å²) in [6, 6.07) is 0. The maximum absolute atomic E-state index is 11.3. The minimum atomic E-state index is -0.475. The average Bonchev–Trinajstić information content (AvgIpc) is 1.98. The van der Waals surface area contributed by atoms with Crippen LogP contribution in [-0.4, -0.2) is 23.7 Å². The molecule has 0 aliphatic rings. The van der Waals surface area contributed by atoms with Crippen molar-refractivity contribution >= 4 is 5.97 Å². The Bertz CT molecular complexity index is 243. The summed E-state index contributed by atoms with van der Waals surface area (Å²) in [5.74, 6) is 2.25. The van der Waals surface area contributed by atoms with Gasteiger partial charge in [0.1, 0.15) is 5.60 Å². The molecule has 0 unspecified atom stereocenters. The zero-order valence-corrected chi connectivity index (χ0v) is 9.60. The lowest BCUT2D eigenvalue weighted by molar-refractivity contribution is -0.153. The van der Waals surface area contributed by atoms with Crippen molar-refractivity contribution in [2.45, 2.75) is 45.8 Å². The topological polar surface area (TPSA) is 38.3 Å². The summed E-state index contributed by atoms with van der Waals surface area (Å²) in [7, 11) is 0. The molecule has 0 saturated carbocycles. The van der Waals surface area contributed by atoms with E-state index in [9.17, 15) is 4.79 Å². The van der Waals surface area contributed by atoms with Crippen LogP contribution in [0.1, 0.15) is 34.6 Å². The molecule has 0 atom stereocenters. The molecule has 0 aliphatic heterocycles. The van der Waals surface area contributed by atoms with Crippen LogP contribution in [0.4, 0.5) is 0 Å². The number of rotatable bonds is 3. The maximum atomic E-state index is 11.3. The van der Waals surface area contributed by atoms with Gasteiger partial charge in [-0.15, -0.1) is 6.42 Å². The third-order valence-electron chi connectivity index (χ3n) is 1.46. The molecule has 0 amide bonds. The molecule has 3 nitrogen and oxygen atoms in total. The van der Waals surface area contributed by atoms with Crippen molar-refractivity contribution in [1.29, 1.82) is 0 Å². The fraction of sp³-hybridized carbons (Fsp3) is 0.727. The second-order valence-electron chi connectivity index (χ2n) is 4.71. The first kappa shape index (κ1) is 13.0. The summed E-state index contributed by atoms with van der Waals surface area (Å²) in [6.07, 6.45) is 5.26. The number of terminal acetylenes is 1. The zero-order chi connectivity index (χ0) is 11.4. The molecule has 0 spiro atoms. The van der Waals surface area contributed by atoms with Crippen LogP contribution in [0.25, 0.3) is 0 Å². The van der Waals surface area contributed by atoms with Crippen molar-refractivity contribution in [1.82, 2.24) is 5.32 Å². The molecule has 3 heteroatoms. The third kappa shape index (κ3) is 6.50. The van der Waals surface area contributed by atoms with Crippen LogP contribution >= 0.6 is 0 Å². The maximum Gasteiger partial charge on any atom is 0.320 e. The van der Waals surface area contributed by atoms with Crippen molar-refractivity contribution < 1.29 is 9.53 Å². The number of nitrogens with one attached hydrogen (secondary N) is 1. The van der Waals surface area contributed by atoms with Gasteiger partial charge in [-0.25, -0.2) is 0 Å². The molecule has 0 saturated heterocycles. The van der Waals surface area contributed by atoms with Gasteiger partial charge >= 0.3 is 5.97 Å². The van der Waals surface area contributed by atoms with Crippen LogP contribution in [0.2, 0.25) is 0 Å². The Hall–Kier alpha value is -1.01. The van der Waals surface area contributed by atoms with Gasteiger partial charge in [-0.1, -0.05) is 5.92 Å². The molecule has 1 N–H and O–H groups in total. The lowest BCUT2D eigenvalue weighted by Gasteiger charge is -2.23. The minimum absolute atomic E-state index is 0.133. The summed E-state index contributed by atoms with van der Waals surface area (Å²) in [5, 5.41) is 2.92. The van der Waals surface area contributed by atoms with E-state index in [-0.39, 0.29) is 12.5 Å². The molecule has 80 valence electrons. The second-order valence-corrected chi connectivity index (χ2v) is 4.71. The highest BCUT2D eigenvalue weighted by atomic mass is 16.6. The lowest BCUT2D eigenvalue weighted by Crippen LogP contribution is -2.42. The molecule has 0 aromatic heterocycles. The Labute approximate surface area is 86.2 Å². The van der Waals surface area contributed by atoms with Crippen LogP contribution in [0.5, 0.6) is 0 Å². The van der Waals surface area contributed by atoms with Crippen molar-refractivity contribution in [2.75, 3.05) is 6.54 Å². The molecule has 0 bridgehead atoms. The fourth-order valence-corrected chi connectivity index (χ4v) is 0.722. The van der Waals surface area contributed by atoms with Crippen molar-refractivity contribution in [3.8, 4) is 12.3 Å². The standard InChI is InChI=1S/C11H19NO2/c1-7-11(5,6)12-8-9(13)14-10(2,3)4/h1,12H,8H2,2-6H3. The van der Waals surface area contributed by atoms with Gasteiger partial charge in [0.15, 0.2) is 0 Å². The van der Waals surface area contributed by atoms with Gasteiger partial charge in [0.2, 0.25) is 0 Å². The first-order chi connectivity index (χ1) is 6.16. The predicted octanol–water partition coefficient (Wildman–Crippen LogP) is 1.33. The first-order valence-corrected chi connectivity index (χ1v) is 4.61. The second kappa shape index (κ2) is 4.47. The van der Waals surface area contributed by atoms with Gasteiger partial charge in [0, 0.05) is 0 Å². The Balaban J connectivity index is 3.95. The third-order valence-corrected chi connectivity index (χ3v) is 1.46. The monoisotopic (exact) mass is 197 g/mol. The first-order valence-electron chi connectivity index (χ1n) is 4.61. The molecule has 0 aromatic rings. The van der Waals surface area contributed by atoms with E-state index in [4.69, 9.17) is 11.2 Å². The zero-order valence-electron chi connectivity index (χ0n) is 9.60. The number of hydrogen-bond donors (Lipinski definition) is 1. The highest BCUT2D eigenvalue weighted by Gasteiger charge is 2.19. The van der Waals surface area contributed by atoms with Crippen molar-refractivity contribution in [3.05, 3.63) is 0 Å². The average molecular weight is 197 g/mol. The molecule has 0 rings (SSSR count). The Kier molecular flexibility index (Phi) is 4.15. The largest absolute Gasteiger partial charge is 0.459 e. The molecule has 0 aromatic carbocycles. The van der Waals surface area contributed by atoms with Crippen LogP contribution < -0.4 is 5.32 Å². The highest BCUT2D eigenvalue weighted by molar-refractivity contribution is 5.72. The summed E-state index contributed by atoms with van der Waals surface area (Å²) in [6.45, 7) is 9.29. The van der Waals surface area contributed by atoms with Crippen molar-refractivity contribution in [2.24, 2.45) is 0 Å². The molecular weight excluding hydrogens is 178 g/mol. The van der Waals surface area contributed by atoms with E-state index >= 15 is 0 Å². The van der Waals surface area contributed by atoms with E-state index in [1.54, 1.807) is 0 Å². The van der Waals surface area contributed by atoms with Crippen LogP contribution in [0.3, 0.4) is 0 Å². The summed E-state index contributed by atoms with van der Waals surface area (Å²) >= 11 is 0. The fourth-order valence-electron chi connectivity index (χ4n) is 0.722. The van der Waals surface area contributed by atoms with Gasteiger partial charge in [-0.05, 0) is 34.6 Å². The number of carbonyl (C=O) groups excluding carboxylic acids is 1. The number of carbonyl (C=O) groups is 1. The van der Waals surface area contributed by atoms with E-state index < -0.39 is 11.1 Å². The number of hydrogen-bond acceptors (Lipinski definition) is 3. The lowest BCUT2D eigenvalue weighted by atomic mass is 10.1. The minimum Gasteiger partial charge on any atom is -0.459 e. The van der Waals surface area contributed by atoms with Gasteiger partial charge in [-0.3, -0.25) is 10.1 Å². The number of esters is 1. The molecule has 14 heavy (non-hydrogen) atoms. The van der Waals surface area contributed by atoms with Crippen LogP contribution in [0, 0.1) is 12.3 Å². The SMILES string of the molecule is C#CC(C)(C)NCC(=O)OC(C)(C)C. The normalized spacial score (nSPS) is 12.0. The summed E-state index contributed by atoms with van der Waals surface area (Å²) in [5.41, 5.74) is -0.921. The molecule has 0 heterocycles. The quantitative estimate of drug-likeness (QED) is 0.548. The number of ether oxygens (including phenoxy) is 1. The van der Waals surface area contributed by atoms with E-state index in [1.165, 1.54) is 0 Å². The van der Waals surface area contributed by atoms with E-state index in [1.807, 2.05) is 34.6 Å². The van der Waals surface area contributed by atoms with Gasteiger partial charge in [-0.2, -0.15) is 0 Å². The predicted molar refractivity (Wildman–Crippen MR) is 56.8 cm³/mol. The Morgan fingerprint density at radius 3 is 2.21 bits per heavy atom. The molecule has 0 aliphatic carbocycles. The van der Waals surface area contributed by atoms with Crippen molar-refractivity contribution in [3.63, 3.8) is 0 Å². The van der Waals surface area contributed by atoms with Gasteiger partial charge in [0.05, 0.1) is 12.1 Å². The van der Waals surface area contributed by atoms with Crippen LogP contribution in [0.15, 0.2) is 0 Å².